The first-order chi connectivity index (χ1) is 12.8. The van der Waals surface area contributed by atoms with Crippen molar-refractivity contribution in [1.82, 2.24) is 0 Å². The maximum atomic E-state index is 12.5. The van der Waals surface area contributed by atoms with E-state index in [0.717, 1.165) is 11.1 Å². The van der Waals surface area contributed by atoms with Gasteiger partial charge in [-0.2, -0.15) is 0 Å². The van der Waals surface area contributed by atoms with E-state index in [1.54, 1.807) is 18.2 Å². The SMILES string of the molecule is Cc1ccc(NC(=O)c2ccc(C(C)C)cc2)cc1-c1ccc(C(=O)O)o1. The highest BCUT2D eigenvalue weighted by Crippen LogP contribution is 2.28. The Morgan fingerprint density at radius 1 is 1.00 bits per heavy atom. The largest absolute Gasteiger partial charge is 0.475 e. The number of aromatic carboxylic acids is 1. The molecule has 3 aromatic rings. The number of anilines is 1. The lowest BCUT2D eigenvalue weighted by molar-refractivity contribution is 0.0663. The molecule has 0 aliphatic rings. The van der Waals surface area contributed by atoms with Gasteiger partial charge in [0.15, 0.2) is 0 Å². The summed E-state index contributed by atoms with van der Waals surface area (Å²) in [7, 11) is 0. The van der Waals surface area contributed by atoms with E-state index in [9.17, 15) is 9.59 Å². The molecule has 0 unspecified atom stereocenters. The summed E-state index contributed by atoms with van der Waals surface area (Å²) in [6.45, 7) is 6.11. The van der Waals surface area contributed by atoms with E-state index < -0.39 is 5.97 Å². The Morgan fingerprint density at radius 2 is 1.70 bits per heavy atom. The van der Waals surface area contributed by atoms with Crippen LogP contribution in [0.1, 0.15) is 51.8 Å². The summed E-state index contributed by atoms with van der Waals surface area (Å²) in [4.78, 5) is 23.5. The molecule has 0 fully saturated rings. The summed E-state index contributed by atoms with van der Waals surface area (Å²) in [6, 6.07) is 16.0. The topological polar surface area (TPSA) is 79.5 Å². The van der Waals surface area contributed by atoms with Crippen molar-refractivity contribution in [2.75, 3.05) is 5.32 Å². The van der Waals surface area contributed by atoms with Crippen LogP contribution in [0.25, 0.3) is 11.3 Å². The van der Waals surface area contributed by atoms with Crippen molar-refractivity contribution in [2.45, 2.75) is 26.7 Å². The van der Waals surface area contributed by atoms with Crippen molar-refractivity contribution < 1.29 is 19.1 Å². The van der Waals surface area contributed by atoms with Gasteiger partial charge >= 0.3 is 5.97 Å². The van der Waals surface area contributed by atoms with Gasteiger partial charge in [-0.15, -0.1) is 0 Å². The third kappa shape index (κ3) is 4.08. The average Bonchev–Trinajstić information content (AvgIpc) is 3.13. The van der Waals surface area contributed by atoms with E-state index in [4.69, 9.17) is 9.52 Å². The number of carbonyl (C=O) groups excluding carboxylic acids is 1. The van der Waals surface area contributed by atoms with Crippen LogP contribution in [0.2, 0.25) is 0 Å². The summed E-state index contributed by atoms with van der Waals surface area (Å²) in [6.07, 6.45) is 0. The molecule has 3 rings (SSSR count). The molecule has 1 heterocycles. The standard InChI is InChI=1S/C22H21NO4/c1-13(2)15-5-7-16(8-6-15)21(24)23-17-9-4-14(3)18(12-17)19-10-11-20(27-19)22(25)26/h4-13H,1-3H3,(H,23,24)(H,25,26). The van der Waals surface area contributed by atoms with Gasteiger partial charge in [-0.25, -0.2) is 4.79 Å². The number of hydrogen-bond acceptors (Lipinski definition) is 3. The minimum Gasteiger partial charge on any atom is -0.475 e. The molecule has 138 valence electrons. The summed E-state index contributed by atoms with van der Waals surface area (Å²) >= 11 is 0. The number of carboxylic acid groups (broad SMARTS) is 1. The number of benzene rings is 2. The van der Waals surface area contributed by atoms with Gasteiger partial charge in [-0.1, -0.05) is 32.0 Å². The minimum atomic E-state index is -1.12. The zero-order valence-corrected chi connectivity index (χ0v) is 15.4. The van der Waals surface area contributed by atoms with Gasteiger partial charge < -0.3 is 14.8 Å². The summed E-state index contributed by atoms with van der Waals surface area (Å²) in [5.41, 5.74) is 4.02. The Morgan fingerprint density at radius 3 is 2.30 bits per heavy atom. The zero-order chi connectivity index (χ0) is 19.6. The van der Waals surface area contributed by atoms with Gasteiger partial charge in [0.25, 0.3) is 5.91 Å². The first-order valence-electron chi connectivity index (χ1n) is 8.70. The van der Waals surface area contributed by atoms with Crippen LogP contribution in [0.5, 0.6) is 0 Å². The fourth-order valence-electron chi connectivity index (χ4n) is 2.79. The van der Waals surface area contributed by atoms with Gasteiger partial charge in [0.2, 0.25) is 5.76 Å². The fraction of sp³-hybridized carbons (Fsp3) is 0.182. The second-order valence-electron chi connectivity index (χ2n) is 6.73. The molecule has 5 heteroatoms. The Labute approximate surface area is 157 Å². The molecule has 0 spiro atoms. The van der Waals surface area contributed by atoms with E-state index in [1.807, 2.05) is 37.3 Å². The van der Waals surface area contributed by atoms with Gasteiger partial charge in [0.1, 0.15) is 5.76 Å². The highest BCUT2D eigenvalue weighted by atomic mass is 16.4. The molecule has 0 radical (unpaired) electrons. The Balaban J connectivity index is 1.83. The number of furan rings is 1. The molecule has 5 nitrogen and oxygen atoms in total. The zero-order valence-electron chi connectivity index (χ0n) is 15.4. The highest BCUT2D eigenvalue weighted by Gasteiger charge is 2.14. The number of nitrogens with one attached hydrogen (secondary N) is 1. The quantitative estimate of drug-likeness (QED) is 0.642. The molecule has 27 heavy (non-hydrogen) atoms. The molecule has 0 saturated carbocycles. The first kappa shape index (κ1) is 18.5. The smallest absolute Gasteiger partial charge is 0.371 e. The molecule has 1 aromatic heterocycles. The van der Waals surface area contributed by atoms with Crippen LogP contribution in [0.3, 0.4) is 0 Å². The lowest BCUT2D eigenvalue weighted by Crippen LogP contribution is -2.12. The van der Waals surface area contributed by atoms with Gasteiger partial charge in [0.05, 0.1) is 0 Å². The Hall–Kier alpha value is -3.34. The number of aryl methyl sites for hydroxylation is 1. The van der Waals surface area contributed by atoms with Crippen LogP contribution in [-0.4, -0.2) is 17.0 Å². The monoisotopic (exact) mass is 363 g/mol. The Kier molecular flexibility index (Phi) is 5.12. The molecule has 1 amide bonds. The molecule has 0 bridgehead atoms. The van der Waals surface area contributed by atoms with Crippen LogP contribution in [0.15, 0.2) is 59.0 Å². The molecule has 2 N–H and O–H groups in total. The van der Waals surface area contributed by atoms with Crippen LogP contribution in [-0.2, 0) is 0 Å². The lowest BCUT2D eigenvalue weighted by Gasteiger charge is -2.10. The average molecular weight is 363 g/mol. The number of carbonyl (C=O) groups is 2. The molecular weight excluding hydrogens is 342 g/mol. The van der Waals surface area contributed by atoms with Crippen molar-refractivity contribution >= 4 is 17.6 Å². The van der Waals surface area contributed by atoms with Crippen LogP contribution >= 0.6 is 0 Å². The first-order valence-corrected chi connectivity index (χ1v) is 8.70. The van der Waals surface area contributed by atoms with Gasteiger partial charge in [-0.05, 0) is 60.4 Å². The van der Waals surface area contributed by atoms with Crippen molar-refractivity contribution in [3.8, 4) is 11.3 Å². The predicted molar refractivity (Wildman–Crippen MR) is 104 cm³/mol. The second kappa shape index (κ2) is 7.50. The van der Waals surface area contributed by atoms with Crippen LogP contribution in [0.4, 0.5) is 5.69 Å². The van der Waals surface area contributed by atoms with E-state index in [2.05, 4.69) is 19.2 Å². The molecule has 0 aliphatic heterocycles. The third-order valence-corrected chi connectivity index (χ3v) is 4.42. The van der Waals surface area contributed by atoms with Crippen molar-refractivity contribution in [3.63, 3.8) is 0 Å². The maximum Gasteiger partial charge on any atom is 0.371 e. The number of rotatable bonds is 5. The van der Waals surface area contributed by atoms with Crippen molar-refractivity contribution in [1.29, 1.82) is 0 Å². The van der Waals surface area contributed by atoms with Gasteiger partial charge in [0, 0.05) is 16.8 Å². The summed E-state index contributed by atoms with van der Waals surface area (Å²) in [5.74, 6) is -0.587. The van der Waals surface area contributed by atoms with Gasteiger partial charge in [-0.3, -0.25) is 4.79 Å². The fourth-order valence-corrected chi connectivity index (χ4v) is 2.79. The number of carboxylic acids is 1. The third-order valence-electron chi connectivity index (χ3n) is 4.42. The minimum absolute atomic E-state index is 0.121. The van der Waals surface area contributed by atoms with Crippen molar-refractivity contribution in [3.05, 3.63) is 77.0 Å². The molecule has 2 aromatic carbocycles. The van der Waals surface area contributed by atoms with E-state index in [0.29, 0.717) is 22.9 Å². The number of hydrogen-bond donors (Lipinski definition) is 2. The summed E-state index contributed by atoms with van der Waals surface area (Å²) in [5, 5.41) is 11.9. The van der Waals surface area contributed by atoms with Crippen LogP contribution < -0.4 is 5.32 Å². The molecule has 0 atom stereocenters. The number of amides is 1. The predicted octanol–water partition coefficient (Wildman–Crippen LogP) is 5.33. The molecule has 0 saturated heterocycles. The second-order valence-corrected chi connectivity index (χ2v) is 6.73. The van der Waals surface area contributed by atoms with E-state index in [1.165, 1.54) is 11.6 Å². The van der Waals surface area contributed by atoms with E-state index >= 15 is 0 Å². The lowest BCUT2D eigenvalue weighted by atomic mass is 10.0. The molecular formula is C22H21NO4. The van der Waals surface area contributed by atoms with Crippen LogP contribution in [0, 0.1) is 6.92 Å². The highest BCUT2D eigenvalue weighted by molar-refractivity contribution is 6.04. The molecule has 0 aliphatic carbocycles. The Bertz CT molecular complexity index is 984. The van der Waals surface area contributed by atoms with Crippen molar-refractivity contribution in [2.24, 2.45) is 0 Å². The van der Waals surface area contributed by atoms with E-state index in [-0.39, 0.29) is 11.7 Å². The maximum absolute atomic E-state index is 12.5. The normalized spacial score (nSPS) is 10.8. The summed E-state index contributed by atoms with van der Waals surface area (Å²) < 4.78 is 5.38.